The fourth-order valence-electron chi connectivity index (χ4n) is 2.16. The summed E-state index contributed by atoms with van der Waals surface area (Å²) >= 11 is 0. The first kappa shape index (κ1) is 9.92. The van der Waals surface area contributed by atoms with Gasteiger partial charge in [-0.15, -0.1) is 0 Å². The van der Waals surface area contributed by atoms with Gasteiger partial charge in [0.05, 0.1) is 11.8 Å². The van der Waals surface area contributed by atoms with Gasteiger partial charge in [-0.1, -0.05) is 25.1 Å². The van der Waals surface area contributed by atoms with Gasteiger partial charge in [0.25, 0.3) is 0 Å². The molecule has 0 N–H and O–H groups in total. The summed E-state index contributed by atoms with van der Waals surface area (Å²) in [5.41, 5.74) is 3.42. The lowest BCUT2D eigenvalue weighted by atomic mass is 9.76. The van der Waals surface area contributed by atoms with E-state index in [0.717, 1.165) is 17.8 Å². The van der Waals surface area contributed by atoms with Crippen LogP contribution in [0.5, 0.6) is 0 Å². The maximum absolute atomic E-state index is 8.69. The SMILES string of the molecule is CC1=Nc2ccccc2C1(C)CCC#N. The Balaban J connectivity index is 2.43. The van der Waals surface area contributed by atoms with Crippen LogP contribution in [0.15, 0.2) is 29.3 Å². The molecule has 76 valence electrons. The van der Waals surface area contributed by atoms with E-state index in [9.17, 15) is 0 Å². The molecule has 0 spiro atoms. The highest BCUT2D eigenvalue weighted by Crippen LogP contribution is 2.42. The minimum absolute atomic E-state index is 0.0354. The molecule has 2 heteroatoms. The summed E-state index contributed by atoms with van der Waals surface area (Å²) in [6.07, 6.45) is 1.44. The Bertz CT molecular complexity index is 454. The molecule has 1 unspecified atom stereocenters. The highest BCUT2D eigenvalue weighted by atomic mass is 14.8. The van der Waals surface area contributed by atoms with E-state index in [4.69, 9.17) is 5.26 Å². The number of aliphatic imine (C=N–C) groups is 1. The van der Waals surface area contributed by atoms with Gasteiger partial charge in [-0.05, 0) is 25.0 Å². The Labute approximate surface area is 90.3 Å². The van der Waals surface area contributed by atoms with Gasteiger partial charge < -0.3 is 0 Å². The van der Waals surface area contributed by atoms with Crippen molar-refractivity contribution in [1.82, 2.24) is 0 Å². The number of fused-ring (bicyclic) bond motifs is 1. The summed E-state index contributed by atoms with van der Waals surface area (Å²) in [7, 11) is 0. The number of rotatable bonds is 2. The fourth-order valence-corrected chi connectivity index (χ4v) is 2.16. The first-order chi connectivity index (χ1) is 7.18. The molecule has 0 saturated heterocycles. The summed E-state index contributed by atoms with van der Waals surface area (Å²) in [6, 6.07) is 10.4. The fraction of sp³-hybridized carbons (Fsp3) is 0.385. The molecule has 0 fully saturated rings. The molecule has 2 nitrogen and oxygen atoms in total. The number of nitrogens with zero attached hydrogens (tertiary/aromatic N) is 2. The number of benzene rings is 1. The van der Waals surface area contributed by atoms with E-state index >= 15 is 0 Å². The summed E-state index contributed by atoms with van der Waals surface area (Å²) in [4.78, 5) is 4.57. The van der Waals surface area contributed by atoms with Crippen molar-refractivity contribution in [2.75, 3.05) is 0 Å². The minimum atomic E-state index is -0.0354. The molecule has 15 heavy (non-hydrogen) atoms. The largest absolute Gasteiger partial charge is 0.257 e. The Hall–Kier alpha value is -1.62. The van der Waals surface area contributed by atoms with Gasteiger partial charge >= 0.3 is 0 Å². The van der Waals surface area contributed by atoms with Crippen molar-refractivity contribution in [2.24, 2.45) is 4.99 Å². The van der Waals surface area contributed by atoms with Crippen molar-refractivity contribution in [3.05, 3.63) is 29.8 Å². The molecule has 0 amide bonds. The van der Waals surface area contributed by atoms with E-state index in [1.54, 1.807) is 0 Å². The second kappa shape index (κ2) is 3.51. The van der Waals surface area contributed by atoms with Gasteiger partial charge in [0.1, 0.15) is 0 Å². The van der Waals surface area contributed by atoms with Gasteiger partial charge in [0.2, 0.25) is 0 Å². The van der Waals surface area contributed by atoms with E-state index in [1.807, 2.05) is 18.2 Å². The molecule has 1 aliphatic rings. The average molecular weight is 198 g/mol. The predicted octanol–water partition coefficient (Wildman–Crippen LogP) is 3.35. The van der Waals surface area contributed by atoms with Crippen molar-refractivity contribution in [3.63, 3.8) is 0 Å². The monoisotopic (exact) mass is 198 g/mol. The van der Waals surface area contributed by atoms with E-state index in [0.29, 0.717) is 6.42 Å². The number of hydrogen-bond acceptors (Lipinski definition) is 2. The van der Waals surface area contributed by atoms with Crippen LogP contribution in [-0.2, 0) is 5.41 Å². The number of hydrogen-bond donors (Lipinski definition) is 0. The van der Waals surface area contributed by atoms with E-state index in [2.05, 4.69) is 31.0 Å². The van der Waals surface area contributed by atoms with Crippen LogP contribution in [0.4, 0.5) is 5.69 Å². The molecular formula is C13H14N2. The van der Waals surface area contributed by atoms with Crippen LogP contribution in [0.3, 0.4) is 0 Å². The molecule has 0 aromatic heterocycles. The molecule has 0 bridgehead atoms. The predicted molar refractivity (Wildman–Crippen MR) is 61.4 cm³/mol. The standard InChI is InChI=1S/C13H14N2/c1-10-13(2,8-5-9-14)11-6-3-4-7-12(11)15-10/h3-4,6-7H,5,8H2,1-2H3. The number of nitriles is 1. The Morgan fingerprint density at radius 1 is 1.40 bits per heavy atom. The van der Waals surface area contributed by atoms with Gasteiger partial charge in [-0.2, -0.15) is 5.26 Å². The summed E-state index contributed by atoms with van der Waals surface area (Å²) in [5, 5.41) is 8.69. The quantitative estimate of drug-likeness (QED) is 0.717. The zero-order chi connectivity index (χ0) is 10.9. The van der Waals surface area contributed by atoms with Crippen molar-refractivity contribution < 1.29 is 0 Å². The van der Waals surface area contributed by atoms with Crippen LogP contribution in [0.25, 0.3) is 0 Å². The van der Waals surface area contributed by atoms with Gasteiger partial charge in [-0.3, -0.25) is 4.99 Å². The second-order valence-electron chi connectivity index (χ2n) is 4.20. The van der Waals surface area contributed by atoms with Crippen molar-refractivity contribution in [3.8, 4) is 6.07 Å². The zero-order valence-corrected chi connectivity index (χ0v) is 9.12. The van der Waals surface area contributed by atoms with Crippen molar-refractivity contribution in [1.29, 1.82) is 5.26 Å². The van der Waals surface area contributed by atoms with Crippen LogP contribution in [-0.4, -0.2) is 5.71 Å². The molecule has 2 rings (SSSR count). The highest BCUT2D eigenvalue weighted by molar-refractivity contribution is 5.99. The molecule has 1 atom stereocenters. The lowest BCUT2D eigenvalue weighted by Crippen LogP contribution is -2.27. The first-order valence-electron chi connectivity index (χ1n) is 5.21. The molecule has 1 heterocycles. The van der Waals surface area contributed by atoms with E-state index < -0.39 is 0 Å². The number of para-hydroxylation sites is 1. The van der Waals surface area contributed by atoms with Crippen LogP contribution in [0, 0.1) is 11.3 Å². The maximum atomic E-state index is 8.69. The van der Waals surface area contributed by atoms with E-state index in [-0.39, 0.29) is 5.41 Å². The molecule has 0 radical (unpaired) electrons. The molecule has 1 aromatic rings. The Morgan fingerprint density at radius 3 is 2.87 bits per heavy atom. The third kappa shape index (κ3) is 1.45. The normalized spacial score (nSPS) is 23.1. The van der Waals surface area contributed by atoms with Crippen LogP contribution < -0.4 is 0 Å². The molecule has 0 aliphatic carbocycles. The third-order valence-electron chi connectivity index (χ3n) is 3.32. The van der Waals surface area contributed by atoms with Crippen molar-refractivity contribution >= 4 is 11.4 Å². The lowest BCUT2D eigenvalue weighted by molar-refractivity contribution is 0.596. The molecular weight excluding hydrogens is 184 g/mol. The summed E-state index contributed by atoms with van der Waals surface area (Å²) in [5.74, 6) is 0. The van der Waals surface area contributed by atoms with Crippen LogP contribution >= 0.6 is 0 Å². The molecule has 1 aliphatic heterocycles. The van der Waals surface area contributed by atoms with Crippen LogP contribution in [0.2, 0.25) is 0 Å². The van der Waals surface area contributed by atoms with Crippen LogP contribution in [0.1, 0.15) is 32.3 Å². The smallest absolute Gasteiger partial charge is 0.0670 e. The molecule has 0 saturated carbocycles. The third-order valence-corrected chi connectivity index (χ3v) is 3.32. The average Bonchev–Trinajstić information content (AvgIpc) is 2.50. The Morgan fingerprint density at radius 2 is 2.13 bits per heavy atom. The second-order valence-corrected chi connectivity index (χ2v) is 4.20. The van der Waals surface area contributed by atoms with E-state index in [1.165, 1.54) is 5.56 Å². The minimum Gasteiger partial charge on any atom is -0.257 e. The first-order valence-corrected chi connectivity index (χ1v) is 5.21. The summed E-state index contributed by atoms with van der Waals surface area (Å²) < 4.78 is 0. The lowest BCUT2D eigenvalue weighted by Gasteiger charge is -2.24. The summed E-state index contributed by atoms with van der Waals surface area (Å²) in [6.45, 7) is 4.23. The maximum Gasteiger partial charge on any atom is 0.0670 e. The Kier molecular flexibility index (Phi) is 2.32. The van der Waals surface area contributed by atoms with Gasteiger partial charge in [-0.25, -0.2) is 0 Å². The van der Waals surface area contributed by atoms with Gasteiger partial charge in [0, 0.05) is 17.5 Å². The highest BCUT2D eigenvalue weighted by Gasteiger charge is 2.35. The van der Waals surface area contributed by atoms with Gasteiger partial charge in [0.15, 0.2) is 0 Å². The van der Waals surface area contributed by atoms with Crippen molar-refractivity contribution in [2.45, 2.75) is 32.1 Å². The topological polar surface area (TPSA) is 36.1 Å². The zero-order valence-electron chi connectivity index (χ0n) is 9.12. The molecule has 1 aromatic carbocycles.